The summed E-state index contributed by atoms with van der Waals surface area (Å²) in [6, 6.07) is 4.15. The van der Waals surface area contributed by atoms with Crippen LogP contribution in [-0.2, 0) is 4.79 Å². The van der Waals surface area contributed by atoms with Crippen LogP contribution in [0.1, 0.15) is 19.3 Å². The summed E-state index contributed by atoms with van der Waals surface area (Å²) in [5.41, 5.74) is 5.91. The first-order valence-electron chi connectivity index (χ1n) is 5.08. The lowest BCUT2D eigenvalue weighted by atomic mass is 10.2. The average Bonchev–Trinajstić information content (AvgIpc) is 2.23. The van der Waals surface area contributed by atoms with E-state index in [2.05, 4.69) is 21.2 Å². The van der Waals surface area contributed by atoms with Crippen LogP contribution in [0.3, 0.4) is 0 Å². The zero-order valence-corrected chi connectivity index (χ0v) is 10.4. The molecule has 0 unspecified atom stereocenters. The number of unbranched alkanes of at least 4 members (excludes halogenated alkanes) is 1. The second-order valence-electron chi connectivity index (χ2n) is 3.42. The molecule has 0 aromatic heterocycles. The number of nitrogens with two attached hydrogens (primary N) is 1. The summed E-state index contributed by atoms with van der Waals surface area (Å²) in [6.07, 6.45) is 2.03. The Morgan fingerprint density at radius 3 is 2.81 bits per heavy atom. The van der Waals surface area contributed by atoms with Crippen LogP contribution in [0.25, 0.3) is 0 Å². The molecule has 0 aliphatic rings. The van der Waals surface area contributed by atoms with Crippen LogP contribution in [-0.4, -0.2) is 12.5 Å². The van der Waals surface area contributed by atoms with Gasteiger partial charge in [0.05, 0.1) is 5.69 Å². The molecule has 0 spiro atoms. The minimum atomic E-state index is -0.340. The molecule has 0 saturated carbocycles. The highest BCUT2D eigenvalue weighted by atomic mass is 79.9. The van der Waals surface area contributed by atoms with Crippen molar-refractivity contribution < 1.29 is 9.18 Å². The Kier molecular flexibility index (Phi) is 5.42. The van der Waals surface area contributed by atoms with E-state index in [9.17, 15) is 9.18 Å². The quantitative estimate of drug-likeness (QED) is 0.819. The molecular weight excluding hydrogens is 275 g/mol. The van der Waals surface area contributed by atoms with Gasteiger partial charge in [-0.2, -0.15) is 0 Å². The molecule has 16 heavy (non-hydrogen) atoms. The van der Waals surface area contributed by atoms with Crippen molar-refractivity contribution >= 4 is 27.5 Å². The van der Waals surface area contributed by atoms with E-state index in [-0.39, 0.29) is 11.7 Å². The van der Waals surface area contributed by atoms with Gasteiger partial charge in [-0.15, -0.1) is 0 Å². The van der Waals surface area contributed by atoms with Crippen molar-refractivity contribution in [3.05, 3.63) is 28.5 Å². The molecule has 1 aromatic carbocycles. The monoisotopic (exact) mass is 288 g/mol. The molecule has 3 nitrogen and oxygen atoms in total. The fourth-order valence-corrected chi connectivity index (χ4v) is 1.68. The summed E-state index contributed by atoms with van der Waals surface area (Å²) >= 11 is 3.18. The van der Waals surface area contributed by atoms with E-state index >= 15 is 0 Å². The summed E-state index contributed by atoms with van der Waals surface area (Å²) in [5, 5.41) is 2.70. The minimum absolute atomic E-state index is 0.0826. The summed E-state index contributed by atoms with van der Waals surface area (Å²) < 4.78 is 13.3. The summed E-state index contributed by atoms with van der Waals surface area (Å²) in [7, 11) is 0. The van der Waals surface area contributed by atoms with E-state index in [0.29, 0.717) is 23.1 Å². The standard InChI is InChI=1S/C11H14BrFN2O/c12-9-7-8(13)4-5-10(9)15-11(16)3-1-2-6-14/h4-5,7H,1-3,6,14H2,(H,15,16). The Hall–Kier alpha value is -0.940. The van der Waals surface area contributed by atoms with Crippen molar-refractivity contribution in [1.82, 2.24) is 0 Å². The number of rotatable bonds is 5. The summed E-state index contributed by atoms with van der Waals surface area (Å²) in [4.78, 5) is 11.5. The highest BCUT2D eigenvalue weighted by Crippen LogP contribution is 2.23. The van der Waals surface area contributed by atoms with Crippen LogP contribution in [0, 0.1) is 5.82 Å². The number of carbonyl (C=O) groups is 1. The fraction of sp³-hybridized carbons (Fsp3) is 0.364. The van der Waals surface area contributed by atoms with Crippen molar-refractivity contribution in [2.24, 2.45) is 5.73 Å². The van der Waals surface area contributed by atoms with E-state index in [1.165, 1.54) is 18.2 Å². The molecule has 0 aliphatic heterocycles. The molecule has 0 aliphatic carbocycles. The number of halogens is 2. The van der Waals surface area contributed by atoms with Crippen LogP contribution in [0.5, 0.6) is 0 Å². The first-order chi connectivity index (χ1) is 7.63. The zero-order valence-electron chi connectivity index (χ0n) is 8.80. The van der Waals surface area contributed by atoms with Gasteiger partial charge >= 0.3 is 0 Å². The normalized spacial score (nSPS) is 10.2. The molecule has 1 aromatic rings. The smallest absolute Gasteiger partial charge is 0.224 e. The van der Waals surface area contributed by atoms with Crippen LogP contribution in [0.15, 0.2) is 22.7 Å². The van der Waals surface area contributed by atoms with Gasteiger partial charge in [0, 0.05) is 10.9 Å². The number of benzene rings is 1. The van der Waals surface area contributed by atoms with Gasteiger partial charge in [-0.3, -0.25) is 4.79 Å². The molecule has 88 valence electrons. The zero-order chi connectivity index (χ0) is 12.0. The van der Waals surface area contributed by atoms with Gasteiger partial charge in [0.25, 0.3) is 0 Å². The van der Waals surface area contributed by atoms with Gasteiger partial charge < -0.3 is 11.1 Å². The van der Waals surface area contributed by atoms with Gasteiger partial charge in [-0.1, -0.05) is 0 Å². The third kappa shape index (κ3) is 4.28. The highest BCUT2D eigenvalue weighted by Gasteiger charge is 2.05. The number of nitrogens with one attached hydrogen (secondary N) is 1. The molecule has 1 rings (SSSR count). The second kappa shape index (κ2) is 6.60. The van der Waals surface area contributed by atoms with Crippen LogP contribution in [0.2, 0.25) is 0 Å². The van der Waals surface area contributed by atoms with Gasteiger partial charge in [-0.05, 0) is 53.5 Å². The molecule has 0 atom stereocenters. The molecule has 0 saturated heterocycles. The van der Waals surface area contributed by atoms with Crippen molar-refractivity contribution in [3.63, 3.8) is 0 Å². The highest BCUT2D eigenvalue weighted by molar-refractivity contribution is 9.10. The first kappa shape index (κ1) is 13.1. The van der Waals surface area contributed by atoms with Crippen LogP contribution in [0.4, 0.5) is 10.1 Å². The van der Waals surface area contributed by atoms with E-state index in [1.54, 1.807) is 0 Å². The van der Waals surface area contributed by atoms with Crippen molar-refractivity contribution in [3.8, 4) is 0 Å². The third-order valence-corrected chi connectivity index (χ3v) is 2.72. The fourth-order valence-electron chi connectivity index (χ4n) is 1.23. The summed E-state index contributed by atoms with van der Waals surface area (Å²) in [6.45, 7) is 0.591. The van der Waals surface area contributed by atoms with Crippen LogP contribution >= 0.6 is 15.9 Å². The van der Waals surface area contributed by atoms with Gasteiger partial charge in [0.15, 0.2) is 0 Å². The predicted molar refractivity (Wildman–Crippen MR) is 65.6 cm³/mol. The Morgan fingerprint density at radius 1 is 1.44 bits per heavy atom. The maximum absolute atomic E-state index is 12.8. The Balaban J connectivity index is 2.49. The van der Waals surface area contributed by atoms with E-state index in [1.807, 2.05) is 0 Å². The first-order valence-corrected chi connectivity index (χ1v) is 5.87. The minimum Gasteiger partial charge on any atom is -0.330 e. The van der Waals surface area contributed by atoms with Gasteiger partial charge in [-0.25, -0.2) is 4.39 Å². The lowest BCUT2D eigenvalue weighted by molar-refractivity contribution is -0.116. The van der Waals surface area contributed by atoms with Gasteiger partial charge in [0.1, 0.15) is 5.82 Å². The molecule has 1 amide bonds. The Morgan fingerprint density at radius 2 is 2.19 bits per heavy atom. The molecule has 5 heteroatoms. The maximum Gasteiger partial charge on any atom is 0.224 e. The molecule has 0 heterocycles. The summed E-state index contributed by atoms with van der Waals surface area (Å²) in [5.74, 6) is -0.422. The lowest BCUT2D eigenvalue weighted by Crippen LogP contribution is -2.12. The van der Waals surface area contributed by atoms with E-state index < -0.39 is 0 Å². The average molecular weight is 289 g/mol. The number of hydrogen-bond acceptors (Lipinski definition) is 2. The SMILES string of the molecule is NCCCCC(=O)Nc1ccc(F)cc1Br. The lowest BCUT2D eigenvalue weighted by Gasteiger charge is -2.07. The number of anilines is 1. The maximum atomic E-state index is 12.8. The van der Waals surface area contributed by atoms with Crippen LogP contribution < -0.4 is 11.1 Å². The number of hydrogen-bond donors (Lipinski definition) is 2. The Labute approximate surface area is 102 Å². The molecule has 0 bridgehead atoms. The molecular formula is C11H14BrFN2O. The number of amides is 1. The molecule has 0 fully saturated rings. The Bertz CT molecular complexity index is 371. The second-order valence-corrected chi connectivity index (χ2v) is 4.27. The van der Waals surface area contributed by atoms with Crippen molar-refractivity contribution in [1.29, 1.82) is 0 Å². The van der Waals surface area contributed by atoms with Crippen molar-refractivity contribution in [2.75, 3.05) is 11.9 Å². The number of carbonyl (C=O) groups excluding carboxylic acids is 1. The molecule has 3 N–H and O–H groups in total. The van der Waals surface area contributed by atoms with Gasteiger partial charge in [0.2, 0.25) is 5.91 Å². The third-order valence-electron chi connectivity index (χ3n) is 2.06. The van der Waals surface area contributed by atoms with E-state index in [4.69, 9.17) is 5.73 Å². The predicted octanol–water partition coefficient (Wildman–Crippen LogP) is 2.66. The largest absolute Gasteiger partial charge is 0.330 e. The topological polar surface area (TPSA) is 55.1 Å². The molecule has 0 radical (unpaired) electrons. The van der Waals surface area contributed by atoms with Crippen molar-refractivity contribution in [2.45, 2.75) is 19.3 Å². The van der Waals surface area contributed by atoms with E-state index in [0.717, 1.165) is 12.8 Å².